The SMILES string of the molecule is COc1cc2c(cc1OCCCOc1cc3cc(C(=O)[C@@H]4CC[C@H]4C(=O)O)sc3cc1OC)CN(C(=O)C[C@H](C)C(=O)O)C2. The van der Waals surface area contributed by atoms with Crippen molar-refractivity contribution in [1.82, 2.24) is 4.90 Å². The lowest BCUT2D eigenvalue weighted by Crippen LogP contribution is -2.37. The van der Waals surface area contributed by atoms with Crippen LogP contribution in [0.1, 0.15) is 53.4 Å². The molecule has 2 heterocycles. The number of methoxy groups -OCH3 is 2. The highest BCUT2D eigenvalue weighted by Crippen LogP contribution is 2.42. The van der Waals surface area contributed by atoms with Gasteiger partial charge >= 0.3 is 11.9 Å². The molecule has 1 fully saturated rings. The van der Waals surface area contributed by atoms with Gasteiger partial charge in [0.25, 0.3) is 0 Å². The summed E-state index contributed by atoms with van der Waals surface area (Å²) in [4.78, 5) is 50.3. The number of thiophene rings is 1. The number of benzene rings is 2. The Labute approximate surface area is 258 Å². The number of ether oxygens (including phenoxy) is 4. The molecule has 2 aliphatic rings. The molecule has 0 spiro atoms. The Morgan fingerprint density at radius 2 is 1.45 bits per heavy atom. The maximum atomic E-state index is 13.0. The molecule has 2 aromatic carbocycles. The Kier molecular flexibility index (Phi) is 9.28. The van der Waals surface area contributed by atoms with E-state index in [9.17, 15) is 24.3 Å². The number of amides is 1. The summed E-state index contributed by atoms with van der Waals surface area (Å²) in [6, 6.07) is 9.14. The quantitative estimate of drug-likeness (QED) is 0.185. The van der Waals surface area contributed by atoms with Crippen molar-refractivity contribution in [3.05, 3.63) is 46.3 Å². The second-order valence-corrected chi connectivity index (χ2v) is 12.2. The van der Waals surface area contributed by atoms with Gasteiger partial charge in [-0.15, -0.1) is 11.3 Å². The van der Waals surface area contributed by atoms with Crippen molar-refractivity contribution >= 4 is 45.1 Å². The number of Topliss-reactive ketones (excluding diaryl/α,β-unsaturated/α-hetero) is 1. The molecule has 0 radical (unpaired) electrons. The summed E-state index contributed by atoms with van der Waals surface area (Å²) in [6.45, 7) is 2.95. The van der Waals surface area contributed by atoms with Gasteiger partial charge in [0.05, 0.1) is 44.1 Å². The van der Waals surface area contributed by atoms with Crippen LogP contribution in [0.25, 0.3) is 10.1 Å². The van der Waals surface area contributed by atoms with Crippen molar-refractivity contribution in [1.29, 1.82) is 0 Å². The fraction of sp³-hybridized carbons (Fsp3) is 0.438. The Hall–Kier alpha value is -4.32. The molecule has 0 unspecified atom stereocenters. The summed E-state index contributed by atoms with van der Waals surface area (Å²) in [7, 11) is 3.09. The molecule has 1 aliphatic heterocycles. The van der Waals surface area contributed by atoms with E-state index in [1.807, 2.05) is 24.3 Å². The third-order valence-corrected chi connectivity index (χ3v) is 9.35. The topological polar surface area (TPSA) is 149 Å². The standard InChI is InChI=1S/C32H35NO10S/c1-17(31(36)37)9-29(34)33-15-19-11-23(40-2)26(12-20(19)16-33)43-8-4-7-42-25-10-18-13-28(44-27(18)14-24(25)41-3)30(35)21-5-6-22(21)32(38)39/h10-14,17,21-22H,4-9,15-16H2,1-3H3,(H,36,37)(H,38,39)/t17-,21+,22+/m0/s1. The smallest absolute Gasteiger partial charge is 0.307 e. The Morgan fingerprint density at radius 1 is 0.864 bits per heavy atom. The van der Waals surface area contributed by atoms with Crippen LogP contribution < -0.4 is 18.9 Å². The van der Waals surface area contributed by atoms with E-state index < -0.39 is 29.7 Å². The summed E-state index contributed by atoms with van der Waals surface area (Å²) in [5.74, 6) is -1.94. The summed E-state index contributed by atoms with van der Waals surface area (Å²) >= 11 is 1.33. The maximum Gasteiger partial charge on any atom is 0.307 e. The average Bonchev–Trinajstić information content (AvgIpc) is 3.58. The Bertz CT molecular complexity index is 1600. The monoisotopic (exact) mass is 625 g/mol. The zero-order valence-electron chi connectivity index (χ0n) is 24.8. The molecule has 1 saturated carbocycles. The molecule has 44 heavy (non-hydrogen) atoms. The second kappa shape index (κ2) is 13.1. The van der Waals surface area contributed by atoms with Crippen molar-refractivity contribution in [2.45, 2.75) is 45.7 Å². The predicted octanol–water partition coefficient (Wildman–Crippen LogP) is 5.01. The number of hydrogen-bond acceptors (Lipinski definition) is 9. The van der Waals surface area contributed by atoms with E-state index in [1.165, 1.54) is 18.3 Å². The van der Waals surface area contributed by atoms with Crippen LogP contribution in [-0.4, -0.2) is 66.2 Å². The van der Waals surface area contributed by atoms with Gasteiger partial charge in [-0.25, -0.2) is 0 Å². The summed E-state index contributed by atoms with van der Waals surface area (Å²) in [6.07, 6.45) is 1.61. The number of carboxylic acids is 2. The van der Waals surface area contributed by atoms with Gasteiger partial charge < -0.3 is 34.1 Å². The van der Waals surface area contributed by atoms with Gasteiger partial charge in [-0.1, -0.05) is 6.92 Å². The maximum absolute atomic E-state index is 13.0. The summed E-state index contributed by atoms with van der Waals surface area (Å²) in [5, 5.41) is 19.3. The Balaban J connectivity index is 1.17. The number of ketones is 1. The predicted molar refractivity (Wildman–Crippen MR) is 161 cm³/mol. The van der Waals surface area contributed by atoms with E-state index in [-0.39, 0.29) is 18.1 Å². The number of carboxylic acid groups (broad SMARTS) is 2. The molecule has 1 aromatic heterocycles. The van der Waals surface area contributed by atoms with Crippen molar-refractivity contribution in [3.63, 3.8) is 0 Å². The fourth-order valence-corrected chi connectivity index (χ4v) is 6.57. The molecule has 1 amide bonds. The molecule has 0 saturated heterocycles. The number of rotatable bonds is 14. The van der Waals surface area contributed by atoms with Crippen molar-refractivity contribution in [2.75, 3.05) is 27.4 Å². The highest BCUT2D eigenvalue weighted by atomic mass is 32.1. The number of aliphatic carboxylic acids is 2. The van der Waals surface area contributed by atoms with Gasteiger partial charge in [-0.05, 0) is 53.6 Å². The van der Waals surface area contributed by atoms with E-state index in [1.54, 1.807) is 25.2 Å². The van der Waals surface area contributed by atoms with Crippen LogP contribution >= 0.6 is 11.3 Å². The van der Waals surface area contributed by atoms with Crippen LogP contribution in [0.3, 0.4) is 0 Å². The molecule has 11 nitrogen and oxygen atoms in total. The largest absolute Gasteiger partial charge is 0.493 e. The number of carbonyl (C=O) groups excluding carboxylic acids is 2. The third kappa shape index (κ3) is 6.45. The van der Waals surface area contributed by atoms with Gasteiger partial charge in [-0.3, -0.25) is 19.2 Å². The first-order valence-corrected chi connectivity index (χ1v) is 15.3. The minimum absolute atomic E-state index is 0.0547. The number of hydrogen-bond donors (Lipinski definition) is 2. The van der Waals surface area contributed by atoms with Gasteiger partial charge in [-0.2, -0.15) is 0 Å². The van der Waals surface area contributed by atoms with E-state index in [0.717, 1.165) is 21.2 Å². The minimum Gasteiger partial charge on any atom is -0.493 e. The zero-order valence-corrected chi connectivity index (χ0v) is 25.6. The van der Waals surface area contributed by atoms with Gasteiger partial charge in [0.15, 0.2) is 28.8 Å². The van der Waals surface area contributed by atoms with Crippen molar-refractivity contribution in [2.24, 2.45) is 17.8 Å². The number of carbonyl (C=O) groups is 4. The Morgan fingerprint density at radius 3 is 2.02 bits per heavy atom. The van der Waals surface area contributed by atoms with E-state index in [0.29, 0.717) is 73.4 Å². The first-order chi connectivity index (χ1) is 21.1. The summed E-state index contributed by atoms with van der Waals surface area (Å²) in [5.41, 5.74) is 1.86. The van der Waals surface area contributed by atoms with Crippen LogP contribution in [0.4, 0.5) is 0 Å². The molecule has 0 bridgehead atoms. The van der Waals surface area contributed by atoms with Gasteiger partial charge in [0.1, 0.15) is 0 Å². The lowest BCUT2D eigenvalue weighted by Gasteiger charge is -2.31. The van der Waals surface area contributed by atoms with E-state index >= 15 is 0 Å². The van der Waals surface area contributed by atoms with Crippen LogP contribution in [0.5, 0.6) is 23.0 Å². The second-order valence-electron chi connectivity index (χ2n) is 11.2. The molecule has 3 atom stereocenters. The van der Waals surface area contributed by atoms with Gasteiger partial charge in [0.2, 0.25) is 5.91 Å². The average molecular weight is 626 g/mol. The van der Waals surface area contributed by atoms with Crippen LogP contribution in [0.15, 0.2) is 30.3 Å². The molecule has 3 aromatic rings. The highest BCUT2D eigenvalue weighted by molar-refractivity contribution is 7.20. The first-order valence-electron chi connectivity index (χ1n) is 14.4. The molecular formula is C32H35NO10S. The van der Waals surface area contributed by atoms with Gasteiger partial charge in [0, 0.05) is 42.6 Å². The van der Waals surface area contributed by atoms with Crippen molar-refractivity contribution in [3.8, 4) is 23.0 Å². The summed E-state index contributed by atoms with van der Waals surface area (Å²) < 4.78 is 23.9. The molecule has 12 heteroatoms. The normalized spacial score (nSPS) is 17.8. The van der Waals surface area contributed by atoms with Crippen LogP contribution in [0, 0.1) is 17.8 Å². The molecule has 5 rings (SSSR count). The minimum atomic E-state index is -0.996. The molecule has 2 N–H and O–H groups in total. The highest BCUT2D eigenvalue weighted by Gasteiger charge is 2.42. The first kappa shape index (κ1) is 31.1. The van der Waals surface area contributed by atoms with Crippen molar-refractivity contribution < 1.29 is 48.3 Å². The third-order valence-electron chi connectivity index (χ3n) is 8.24. The van der Waals surface area contributed by atoms with Crippen LogP contribution in [0.2, 0.25) is 0 Å². The number of nitrogens with zero attached hydrogens (tertiary/aromatic N) is 1. The molecule has 234 valence electrons. The molecular weight excluding hydrogens is 590 g/mol. The lowest BCUT2D eigenvalue weighted by atomic mass is 9.71. The van der Waals surface area contributed by atoms with E-state index in [2.05, 4.69) is 0 Å². The van der Waals surface area contributed by atoms with E-state index in [4.69, 9.17) is 24.1 Å². The fourth-order valence-electron chi connectivity index (χ4n) is 5.49. The number of fused-ring (bicyclic) bond motifs is 2. The molecule has 1 aliphatic carbocycles. The zero-order chi connectivity index (χ0) is 31.5. The lowest BCUT2D eigenvalue weighted by molar-refractivity contribution is -0.146. The van der Waals surface area contributed by atoms with Crippen LogP contribution in [-0.2, 0) is 27.5 Å².